The maximum absolute atomic E-state index is 13.6. The summed E-state index contributed by atoms with van der Waals surface area (Å²) in [5.41, 5.74) is 4.79. The minimum atomic E-state index is -1.28. The first-order chi connectivity index (χ1) is 11.0. The van der Waals surface area contributed by atoms with Crippen molar-refractivity contribution in [2.24, 2.45) is 10.7 Å². The van der Waals surface area contributed by atoms with Crippen LogP contribution >= 0.6 is 24.2 Å². The molecule has 0 aromatic rings. The van der Waals surface area contributed by atoms with Gasteiger partial charge in [-0.2, -0.15) is 0 Å². The van der Waals surface area contributed by atoms with Crippen molar-refractivity contribution in [1.82, 2.24) is 0 Å². The Morgan fingerprint density at radius 1 is 1.46 bits per heavy atom. The number of carbonyl (C=O) groups excluding carboxylic acids is 1. The first kappa shape index (κ1) is 22.3. The molecule has 0 bridgehead atoms. The zero-order valence-corrected chi connectivity index (χ0v) is 15.7. The van der Waals surface area contributed by atoms with Crippen LogP contribution in [0.5, 0.6) is 0 Å². The molecule has 8 heteroatoms. The Balaban J connectivity index is 5.39. The van der Waals surface area contributed by atoms with Crippen LogP contribution < -0.4 is 5.73 Å². The van der Waals surface area contributed by atoms with Gasteiger partial charge in [-0.25, -0.2) is 14.2 Å². The number of halogens is 2. The van der Waals surface area contributed by atoms with Crippen molar-refractivity contribution >= 4 is 36.1 Å². The van der Waals surface area contributed by atoms with Crippen molar-refractivity contribution in [2.75, 3.05) is 13.7 Å². The van der Waals surface area contributed by atoms with E-state index in [-0.39, 0.29) is 22.5 Å². The highest BCUT2D eigenvalue weighted by Gasteiger charge is 2.32. The van der Waals surface area contributed by atoms with Crippen LogP contribution in [0.1, 0.15) is 20.8 Å². The molecule has 24 heavy (non-hydrogen) atoms. The van der Waals surface area contributed by atoms with Gasteiger partial charge in [0.25, 0.3) is 0 Å². The van der Waals surface area contributed by atoms with E-state index in [1.807, 2.05) is 0 Å². The average Bonchev–Trinajstić information content (AvgIpc) is 2.49. The monoisotopic (exact) mass is 376 g/mol. The molecule has 0 spiro atoms. The van der Waals surface area contributed by atoms with Crippen LogP contribution in [0, 0.1) is 0 Å². The lowest BCUT2D eigenvalue weighted by atomic mass is 10.1. The lowest BCUT2D eigenvalue weighted by molar-refractivity contribution is -0.157. The normalized spacial score (nSPS) is 14.9. The number of allylic oxidation sites excluding steroid dienone is 4. The summed E-state index contributed by atoms with van der Waals surface area (Å²) in [6.07, 6.45) is 3.76. The van der Waals surface area contributed by atoms with Crippen LogP contribution in [-0.2, 0) is 14.3 Å². The highest BCUT2D eigenvalue weighted by molar-refractivity contribution is 7.84. The summed E-state index contributed by atoms with van der Waals surface area (Å²) in [4.78, 5) is 15.8. The topological polar surface area (TPSA) is 73.9 Å². The third kappa shape index (κ3) is 8.21. The molecule has 0 aliphatic rings. The number of hydrogen-bond donors (Lipinski definition) is 2. The smallest absolute Gasteiger partial charge is 0.349 e. The zero-order valence-electron chi connectivity index (χ0n) is 14.1. The molecular formula is C16H22ClFN2O3S. The number of rotatable bonds is 7. The van der Waals surface area contributed by atoms with Gasteiger partial charge in [-0.05, 0) is 38.5 Å². The summed E-state index contributed by atoms with van der Waals surface area (Å²) in [5, 5.41) is 0.0398. The van der Waals surface area contributed by atoms with Crippen LogP contribution in [0.15, 0.2) is 51.3 Å². The first-order valence-corrected chi connectivity index (χ1v) is 7.69. The SMILES string of the molecule is C=C/C(Cl)=C(F)\C=C(/C)C/N=C(\C=C(/N)S)OC(C)(C)C(=O)OC. The summed E-state index contributed by atoms with van der Waals surface area (Å²) in [6, 6.07) is 0. The van der Waals surface area contributed by atoms with E-state index in [0.29, 0.717) is 5.57 Å². The summed E-state index contributed by atoms with van der Waals surface area (Å²) in [6.45, 7) is 8.18. The van der Waals surface area contributed by atoms with Gasteiger partial charge in [0.05, 0.1) is 23.7 Å². The van der Waals surface area contributed by atoms with E-state index < -0.39 is 17.4 Å². The standard InChI is InChI=1S/C16H22ClFN2O3S/c1-6-11(17)12(18)7-10(2)9-20-14(8-13(19)24)23-16(3,4)15(21)22-5/h6-8,24H,1,9,19H2,2-5H3/b10-7+,12-11-,13-8+,20-14+. The van der Waals surface area contributed by atoms with E-state index in [9.17, 15) is 9.18 Å². The number of esters is 1. The molecule has 0 atom stereocenters. The summed E-state index contributed by atoms with van der Waals surface area (Å²) < 4.78 is 23.8. The van der Waals surface area contributed by atoms with Gasteiger partial charge in [-0.1, -0.05) is 18.2 Å². The molecule has 0 amide bonds. The Morgan fingerprint density at radius 2 is 2.04 bits per heavy atom. The second-order valence-corrected chi connectivity index (χ2v) is 6.14. The van der Waals surface area contributed by atoms with Crippen molar-refractivity contribution in [3.05, 3.63) is 46.3 Å². The molecule has 0 heterocycles. The van der Waals surface area contributed by atoms with Crippen molar-refractivity contribution < 1.29 is 18.7 Å². The van der Waals surface area contributed by atoms with Gasteiger partial charge in [-0.15, -0.1) is 12.6 Å². The minimum absolute atomic E-state index is 0.0601. The zero-order chi connectivity index (χ0) is 18.9. The van der Waals surface area contributed by atoms with Crippen LogP contribution in [-0.4, -0.2) is 31.1 Å². The van der Waals surface area contributed by atoms with Crippen molar-refractivity contribution in [3.8, 4) is 0 Å². The molecule has 0 aromatic carbocycles. The number of thiol groups is 1. The molecule has 0 saturated carbocycles. The number of aliphatic imine (C=N–C) groups is 1. The van der Waals surface area contributed by atoms with Crippen LogP contribution in [0.2, 0.25) is 0 Å². The number of carbonyl (C=O) groups is 1. The third-order valence-electron chi connectivity index (χ3n) is 2.57. The fourth-order valence-corrected chi connectivity index (χ4v) is 1.58. The van der Waals surface area contributed by atoms with Crippen LogP contribution in [0.4, 0.5) is 4.39 Å². The van der Waals surface area contributed by atoms with Crippen LogP contribution in [0.3, 0.4) is 0 Å². The highest BCUT2D eigenvalue weighted by atomic mass is 35.5. The fourth-order valence-electron chi connectivity index (χ4n) is 1.41. The van der Waals surface area contributed by atoms with E-state index in [2.05, 4.69) is 28.9 Å². The second kappa shape index (κ2) is 10.2. The maximum atomic E-state index is 13.6. The Kier molecular flexibility index (Phi) is 9.47. The minimum Gasteiger partial charge on any atom is -0.466 e. The maximum Gasteiger partial charge on any atom is 0.349 e. The highest BCUT2D eigenvalue weighted by Crippen LogP contribution is 2.16. The third-order valence-corrected chi connectivity index (χ3v) is 3.04. The lowest BCUT2D eigenvalue weighted by Crippen LogP contribution is -2.38. The number of methoxy groups -OCH3 is 1. The molecule has 0 saturated heterocycles. The molecule has 5 nitrogen and oxygen atoms in total. The molecule has 0 radical (unpaired) electrons. The number of nitrogens with two attached hydrogens (primary N) is 1. The summed E-state index contributed by atoms with van der Waals surface area (Å²) in [7, 11) is 1.25. The summed E-state index contributed by atoms with van der Waals surface area (Å²) in [5.74, 6) is -1.15. The number of nitrogens with zero attached hydrogens (tertiary/aromatic N) is 1. The molecule has 0 fully saturated rings. The molecule has 0 aromatic heterocycles. The largest absolute Gasteiger partial charge is 0.466 e. The van der Waals surface area contributed by atoms with Crippen LogP contribution in [0.25, 0.3) is 0 Å². The summed E-state index contributed by atoms with van der Waals surface area (Å²) >= 11 is 9.58. The Morgan fingerprint density at radius 3 is 2.50 bits per heavy atom. The van der Waals surface area contributed by atoms with Gasteiger partial charge in [0.15, 0.2) is 0 Å². The van der Waals surface area contributed by atoms with E-state index in [1.54, 1.807) is 6.92 Å². The number of hydrogen-bond acceptors (Lipinski definition) is 6. The van der Waals surface area contributed by atoms with Crippen molar-refractivity contribution in [3.63, 3.8) is 0 Å². The average molecular weight is 377 g/mol. The Hall–Kier alpha value is -1.73. The molecule has 0 unspecified atom stereocenters. The van der Waals surface area contributed by atoms with E-state index >= 15 is 0 Å². The second-order valence-electron chi connectivity index (χ2n) is 5.22. The molecular weight excluding hydrogens is 355 g/mol. The van der Waals surface area contributed by atoms with Gasteiger partial charge in [-0.3, -0.25) is 0 Å². The Labute approximate surface area is 152 Å². The quantitative estimate of drug-likeness (QED) is 0.234. The van der Waals surface area contributed by atoms with Crippen molar-refractivity contribution in [2.45, 2.75) is 26.4 Å². The van der Waals surface area contributed by atoms with Gasteiger partial charge in [0.2, 0.25) is 11.5 Å². The lowest BCUT2D eigenvalue weighted by Gasteiger charge is -2.23. The molecule has 0 aliphatic carbocycles. The van der Waals surface area contributed by atoms with Gasteiger partial charge < -0.3 is 15.2 Å². The molecule has 2 N–H and O–H groups in total. The van der Waals surface area contributed by atoms with E-state index in [0.717, 1.165) is 0 Å². The van der Waals surface area contributed by atoms with Gasteiger partial charge >= 0.3 is 5.97 Å². The first-order valence-electron chi connectivity index (χ1n) is 6.86. The molecule has 0 aliphatic heterocycles. The van der Waals surface area contributed by atoms with E-state index in [4.69, 9.17) is 22.1 Å². The van der Waals surface area contributed by atoms with Gasteiger partial charge in [0.1, 0.15) is 5.83 Å². The fraction of sp³-hybridized carbons (Fsp3) is 0.375. The van der Waals surface area contributed by atoms with Crippen molar-refractivity contribution in [1.29, 1.82) is 0 Å². The predicted octanol–water partition coefficient (Wildman–Crippen LogP) is 3.64. The molecule has 0 rings (SSSR count). The number of ether oxygens (including phenoxy) is 2. The van der Waals surface area contributed by atoms with Gasteiger partial charge in [0, 0.05) is 6.08 Å². The molecule has 134 valence electrons. The van der Waals surface area contributed by atoms with E-state index in [1.165, 1.54) is 39.2 Å². The Bertz CT molecular complexity index is 606. The predicted molar refractivity (Wildman–Crippen MR) is 98.7 cm³/mol.